The second-order valence-corrected chi connectivity index (χ2v) is 5.86. The lowest BCUT2D eigenvalue weighted by Crippen LogP contribution is -2.37. The number of aromatic nitrogens is 1. The minimum Gasteiger partial charge on any atom is -0.376 e. The van der Waals surface area contributed by atoms with E-state index in [-0.39, 0.29) is 17.9 Å². The maximum absolute atomic E-state index is 12.4. The Hall–Kier alpha value is -1.95. The van der Waals surface area contributed by atoms with Crippen molar-refractivity contribution in [1.29, 1.82) is 0 Å². The van der Waals surface area contributed by atoms with Crippen LogP contribution in [0.25, 0.3) is 0 Å². The molecule has 22 heavy (non-hydrogen) atoms. The molecule has 1 N–H and O–H groups in total. The summed E-state index contributed by atoms with van der Waals surface area (Å²) in [6.45, 7) is 4.07. The Morgan fingerprint density at radius 2 is 2.32 bits per heavy atom. The molecule has 2 amide bonds. The Balaban J connectivity index is 1.70. The van der Waals surface area contributed by atoms with Gasteiger partial charge in [0.05, 0.1) is 11.7 Å². The number of nitrogens with one attached hydrogen (secondary N) is 1. The first-order chi connectivity index (χ1) is 10.6. The summed E-state index contributed by atoms with van der Waals surface area (Å²) in [5, 5.41) is 2.94. The molecule has 3 heterocycles. The van der Waals surface area contributed by atoms with E-state index in [4.69, 9.17) is 4.74 Å². The van der Waals surface area contributed by atoms with E-state index in [0.717, 1.165) is 30.6 Å². The van der Waals surface area contributed by atoms with E-state index < -0.39 is 0 Å². The topological polar surface area (TPSA) is 71.5 Å². The summed E-state index contributed by atoms with van der Waals surface area (Å²) in [7, 11) is 0. The van der Waals surface area contributed by atoms with E-state index in [1.54, 1.807) is 24.2 Å². The average molecular weight is 303 g/mol. The summed E-state index contributed by atoms with van der Waals surface area (Å²) in [4.78, 5) is 29.8. The number of carbonyl (C=O) groups is 2. The molecule has 0 saturated carbocycles. The van der Waals surface area contributed by atoms with Crippen molar-refractivity contribution in [2.24, 2.45) is 0 Å². The molecule has 0 spiro atoms. The molecule has 3 rings (SSSR count). The van der Waals surface area contributed by atoms with Gasteiger partial charge >= 0.3 is 0 Å². The van der Waals surface area contributed by atoms with Crippen LogP contribution in [0.2, 0.25) is 0 Å². The number of ether oxygens (including phenoxy) is 1. The van der Waals surface area contributed by atoms with Gasteiger partial charge in [-0.05, 0) is 30.4 Å². The van der Waals surface area contributed by atoms with Crippen molar-refractivity contribution in [3.05, 3.63) is 29.1 Å². The van der Waals surface area contributed by atoms with E-state index in [1.807, 2.05) is 0 Å². The van der Waals surface area contributed by atoms with E-state index in [0.29, 0.717) is 31.6 Å². The molecule has 2 aliphatic heterocycles. The van der Waals surface area contributed by atoms with Crippen molar-refractivity contribution in [3.63, 3.8) is 0 Å². The Bertz CT molecular complexity index is 582. The molecule has 1 aromatic heterocycles. The van der Waals surface area contributed by atoms with Crippen molar-refractivity contribution in [2.75, 3.05) is 19.7 Å². The third-order valence-corrected chi connectivity index (χ3v) is 4.34. The fourth-order valence-corrected chi connectivity index (χ4v) is 3.07. The first-order valence-electron chi connectivity index (χ1n) is 7.76. The molecular weight excluding hydrogens is 282 g/mol. The van der Waals surface area contributed by atoms with Crippen molar-refractivity contribution >= 4 is 11.8 Å². The van der Waals surface area contributed by atoms with Gasteiger partial charge in [-0.1, -0.05) is 0 Å². The quantitative estimate of drug-likeness (QED) is 0.900. The average Bonchev–Trinajstić information content (AvgIpc) is 3.04. The molecule has 118 valence electrons. The van der Waals surface area contributed by atoms with Crippen LogP contribution >= 0.6 is 0 Å². The lowest BCUT2D eigenvalue weighted by Gasteiger charge is -2.28. The highest BCUT2D eigenvalue weighted by atomic mass is 16.5. The van der Waals surface area contributed by atoms with Gasteiger partial charge in [0.15, 0.2) is 0 Å². The minimum atomic E-state index is -0.101. The van der Waals surface area contributed by atoms with Crippen LogP contribution in [-0.4, -0.2) is 47.5 Å². The normalized spacial score (nSPS) is 20.6. The lowest BCUT2D eigenvalue weighted by atomic mass is 9.96. The molecule has 1 unspecified atom stereocenters. The third kappa shape index (κ3) is 3.11. The number of amides is 2. The maximum Gasteiger partial charge on any atom is 0.253 e. The van der Waals surface area contributed by atoms with Crippen molar-refractivity contribution in [2.45, 2.75) is 38.8 Å². The number of fused-ring (bicyclic) bond motifs is 1. The largest absolute Gasteiger partial charge is 0.376 e. The summed E-state index contributed by atoms with van der Waals surface area (Å²) >= 11 is 0. The molecule has 0 radical (unpaired) electrons. The minimum absolute atomic E-state index is 0.0545. The predicted molar refractivity (Wildman–Crippen MR) is 80.3 cm³/mol. The number of pyridine rings is 1. The van der Waals surface area contributed by atoms with Gasteiger partial charge in [-0.3, -0.25) is 14.6 Å². The SMILES string of the molecule is CC(=O)N1CCc2c(cncc2C(=O)NCC2CCCO2)C1. The summed E-state index contributed by atoms with van der Waals surface area (Å²) in [6.07, 6.45) is 6.25. The van der Waals surface area contributed by atoms with Gasteiger partial charge in [-0.25, -0.2) is 0 Å². The van der Waals surface area contributed by atoms with Crippen molar-refractivity contribution in [1.82, 2.24) is 15.2 Å². The number of carbonyl (C=O) groups excluding carboxylic acids is 2. The standard InChI is InChI=1S/C16H21N3O3/c1-11(20)19-5-4-14-12(10-19)7-17-9-15(14)16(21)18-8-13-3-2-6-22-13/h7,9,13H,2-6,8,10H2,1H3,(H,18,21). The number of hydrogen-bond donors (Lipinski definition) is 1. The van der Waals surface area contributed by atoms with Crippen LogP contribution in [0.15, 0.2) is 12.4 Å². The fraction of sp³-hybridized carbons (Fsp3) is 0.562. The third-order valence-electron chi connectivity index (χ3n) is 4.34. The molecule has 0 aliphatic carbocycles. The van der Waals surface area contributed by atoms with Gasteiger partial charge in [-0.2, -0.15) is 0 Å². The fourth-order valence-electron chi connectivity index (χ4n) is 3.07. The van der Waals surface area contributed by atoms with Crippen molar-refractivity contribution < 1.29 is 14.3 Å². The predicted octanol–water partition coefficient (Wildman–Crippen LogP) is 0.895. The highest BCUT2D eigenvalue weighted by molar-refractivity contribution is 5.95. The first-order valence-corrected chi connectivity index (χ1v) is 7.76. The number of hydrogen-bond acceptors (Lipinski definition) is 4. The maximum atomic E-state index is 12.4. The molecule has 1 fully saturated rings. The van der Waals surface area contributed by atoms with Crippen LogP contribution in [0.4, 0.5) is 0 Å². The molecule has 1 atom stereocenters. The molecular formula is C16H21N3O3. The Kier molecular flexibility index (Phi) is 4.38. The molecule has 1 aromatic rings. The Morgan fingerprint density at radius 1 is 1.45 bits per heavy atom. The first kappa shape index (κ1) is 15.0. The highest BCUT2D eigenvalue weighted by Gasteiger charge is 2.24. The Morgan fingerprint density at radius 3 is 3.05 bits per heavy atom. The zero-order valence-corrected chi connectivity index (χ0v) is 12.8. The van der Waals surface area contributed by atoms with E-state index in [1.165, 1.54) is 0 Å². The second kappa shape index (κ2) is 6.44. The molecule has 6 heteroatoms. The molecule has 2 aliphatic rings. The van der Waals surface area contributed by atoms with Crippen LogP contribution in [0.5, 0.6) is 0 Å². The van der Waals surface area contributed by atoms with Gasteiger partial charge in [0, 0.05) is 45.6 Å². The van der Waals surface area contributed by atoms with Gasteiger partial charge in [0.1, 0.15) is 0 Å². The smallest absolute Gasteiger partial charge is 0.253 e. The lowest BCUT2D eigenvalue weighted by molar-refractivity contribution is -0.129. The monoisotopic (exact) mass is 303 g/mol. The van der Waals surface area contributed by atoms with Gasteiger partial charge < -0.3 is 15.0 Å². The number of rotatable bonds is 3. The van der Waals surface area contributed by atoms with Crippen LogP contribution in [0.1, 0.15) is 41.3 Å². The van der Waals surface area contributed by atoms with Crippen LogP contribution in [0.3, 0.4) is 0 Å². The van der Waals surface area contributed by atoms with Gasteiger partial charge in [0.2, 0.25) is 5.91 Å². The van der Waals surface area contributed by atoms with Gasteiger partial charge in [0.25, 0.3) is 5.91 Å². The number of nitrogens with zero attached hydrogens (tertiary/aromatic N) is 2. The summed E-state index contributed by atoms with van der Waals surface area (Å²) in [6, 6.07) is 0. The Labute approximate surface area is 129 Å². The molecule has 0 aromatic carbocycles. The van der Waals surface area contributed by atoms with Crippen LogP contribution < -0.4 is 5.32 Å². The van der Waals surface area contributed by atoms with E-state index >= 15 is 0 Å². The second-order valence-electron chi connectivity index (χ2n) is 5.86. The van der Waals surface area contributed by atoms with Crippen LogP contribution in [-0.2, 0) is 22.5 Å². The van der Waals surface area contributed by atoms with Crippen LogP contribution in [0, 0.1) is 0 Å². The zero-order valence-electron chi connectivity index (χ0n) is 12.8. The summed E-state index contributed by atoms with van der Waals surface area (Å²) in [5.41, 5.74) is 2.60. The molecule has 6 nitrogen and oxygen atoms in total. The van der Waals surface area contributed by atoms with Gasteiger partial charge in [-0.15, -0.1) is 0 Å². The highest BCUT2D eigenvalue weighted by Crippen LogP contribution is 2.21. The molecule has 1 saturated heterocycles. The molecule has 0 bridgehead atoms. The summed E-state index contributed by atoms with van der Waals surface area (Å²) < 4.78 is 5.52. The van der Waals surface area contributed by atoms with E-state index in [9.17, 15) is 9.59 Å². The summed E-state index contributed by atoms with van der Waals surface area (Å²) in [5.74, 6) is -0.0463. The van der Waals surface area contributed by atoms with Crippen molar-refractivity contribution in [3.8, 4) is 0 Å². The van der Waals surface area contributed by atoms with E-state index in [2.05, 4.69) is 10.3 Å². The zero-order chi connectivity index (χ0) is 15.5.